The Morgan fingerprint density at radius 3 is 1.73 bits per heavy atom. The number of anilines is 2. The molecule has 0 heterocycles. The summed E-state index contributed by atoms with van der Waals surface area (Å²) in [5.41, 5.74) is 1.37. The molecule has 0 saturated carbocycles. The highest BCUT2D eigenvalue weighted by Gasteiger charge is 2.34. The van der Waals surface area contributed by atoms with Crippen LogP contribution in [0.15, 0.2) is 79.4 Å². The summed E-state index contributed by atoms with van der Waals surface area (Å²) in [6.45, 7) is 3.41. The second-order valence-electron chi connectivity index (χ2n) is 6.63. The maximum Gasteiger partial charge on any atom is 0.255 e. The number of rotatable bonds is 4. The van der Waals surface area contributed by atoms with Crippen LogP contribution in [-0.4, -0.2) is 23.4 Å². The molecule has 0 fully saturated rings. The summed E-state index contributed by atoms with van der Waals surface area (Å²) in [5, 5.41) is 5.29. The third-order valence-electron chi connectivity index (χ3n) is 4.80. The number of amides is 2. The lowest BCUT2D eigenvalue weighted by Crippen LogP contribution is -2.26. The highest BCUT2D eigenvalue weighted by atomic mass is 16.2. The summed E-state index contributed by atoms with van der Waals surface area (Å²) >= 11 is 0. The number of nitrogens with one attached hydrogen (secondary N) is 2. The van der Waals surface area contributed by atoms with Gasteiger partial charge in [0.2, 0.25) is 5.91 Å². The Morgan fingerprint density at radius 2 is 1.20 bits per heavy atom. The van der Waals surface area contributed by atoms with Crippen molar-refractivity contribution in [2.45, 2.75) is 0 Å². The van der Waals surface area contributed by atoms with Gasteiger partial charge < -0.3 is 10.6 Å². The van der Waals surface area contributed by atoms with Crippen LogP contribution in [-0.2, 0) is 4.79 Å². The lowest BCUT2D eigenvalue weighted by Gasteiger charge is -2.23. The number of hydrogen-bond acceptors (Lipinski definition) is 4. The van der Waals surface area contributed by atoms with Gasteiger partial charge >= 0.3 is 0 Å². The van der Waals surface area contributed by atoms with E-state index < -0.39 is 23.4 Å². The van der Waals surface area contributed by atoms with Gasteiger partial charge in [0.15, 0.2) is 11.6 Å². The Morgan fingerprint density at radius 1 is 0.700 bits per heavy atom. The minimum absolute atomic E-state index is 0.0414. The zero-order valence-corrected chi connectivity index (χ0v) is 15.8. The molecule has 30 heavy (non-hydrogen) atoms. The SMILES string of the molecule is C=CC(=O)Nc1ccc(NC(=O)c2ccccc2)c2c1C(=O)c1ccccc1C2=O. The zero-order valence-electron chi connectivity index (χ0n) is 15.8. The summed E-state index contributed by atoms with van der Waals surface area (Å²) < 4.78 is 0. The number of carbonyl (C=O) groups is 4. The molecule has 1 aliphatic carbocycles. The molecule has 2 N–H and O–H groups in total. The van der Waals surface area contributed by atoms with Crippen LogP contribution in [0, 0.1) is 0 Å². The maximum absolute atomic E-state index is 13.3. The van der Waals surface area contributed by atoms with Crippen LogP contribution in [0.25, 0.3) is 0 Å². The Hall–Kier alpha value is -4.32. The number of carbonyl (C=O) groups excluding carboxylic acids is 4. The van der Waals surface area contributed by atoms with E-state index in [-0.39, 0.29) is 33.6 Å². The second-order valence-corrected chi connectivity index (χ2v) is 6.63. The quantitative estimate of drug-likeness (QED) is 0.513. The highest BCUT2D eigenvalue weighted by molar-refractivity contribution is 6.33. The van der Waals surface area contributed by atoms with E-state index in [0.717, 1.165) is 6.08 Å². The predicted octanol–water partition coefficient (Wildman–Crippen LogP) is 3.84. The standard InChI is InChI=1S/C24H16N2O4/c1-2-19(27)25-17-12-13-18(26-24(30)14-8-4-3-5-9-14)21-20(17)22(28)15-10-6-7-11-16(15)23(21)29/h2-13H,1H2,(H,25,27)(H,26,30). The lowest BCUT2D eigenvalue weighted by molar-refractivity contribution is -0.111. The zero-order chi connectivity index (χ0) is 21.3. The normalized spacial score (nSPS) is 11.9. The van der Waals surface area contributed by atoms with Gasteiger partial charge in [0.05, 0.1) is 22.5 Å². The van der Waals surface area contributed by atoms with Gasteiger partial charge in [0.1, 0.15) is 0 Å². The summed E-state index contributed by atoms with van der Waals surface area (Å²) in [6, 6.07) is 18.0. The van der Waals surface area contributed by atoms with Crippen LogP contribution in [0.1, 0.15) is 42.2 Å². The van der Waals surface area contributed by atoms with Gasteiger partial charge in [-0.3, -0.25) is 19.2 Å². The number of hydrogen-bond donors (Lipinski definition) is 2. The van der Waals surface area contributed by atoms with Crippen molar-refractivity contribution in [3.63, 3.8) is 0 Å². The molecular formula is C24H16N2O4. The van der Waals surface area contributed by atoms with Crippen molar-refractivity contribution in [2.75, 3.05) is 10.6 Å². The van der Waals surface area contributed by atoms with E-state index in [1.165, 1.54) is 12.1 Å². The fraction of sp³-hybridized carbons (Fsp3) is 0. The van der Waals surface area contributed by atoms with Gasteiger partial charge in [-0.2, -0.15) is 0 Å². The Balaban J connectivity index is 1.86. The van der Waals surface area contributed by atoms with E-state index in [1.54, 1.807) is 54.6 Å². The molecule has 1 aliphatic rings. The molecule has 0 atom stereocenters. The molecule has 0 unspecified atom stereocenters. The maximum atomic E-state index is 13.3. The Bertz CT molecular complexity index is 1230. The molecule has 0 spiro atoms. The van der Waals surface area contributed by atoms with Crippen molar-refractivity contribution in [2.24, 2.45) is 0 Å². The predicted molar refractivity (Wildman–Crippen MR) is 113 cm³/mol. The summed E-state index contributed by atoms with van der Waals surface area (Å²) in [4.78, 5) is 51.0. The molecule has 2 amide bonds. The van der Waals surface area contributed by atoms with Crippen molar-refractivity contribution in [1.82, 2.24) is 0 Å². The summed E-state index contributed by atoms with van der Waals surface area (Å²) in [5.74, 6) is -1.74. The summed E-state index contributed by atoms with van der Waals surface area (Å²) in [7, 11) is 0. The molecule has 146 valence electrons. The van der Waals surface area contributed by atoms with Crippen LogP contribution >= 0.6 is 0 Å². The van der Waals surface area contributed by atoms with Crippen molar-refractivity contribution in [1.29, 1.82) is 0 Å². The molecule has 0 bridgehead atoms. The van der Waals surface area contributed by atoms with Crippen LogP contribution in [0.5, 0.6) is 0 Å². The third-order valence-corrected chi connectivity index (χ3v) is 4.80. The average Bonchev–Trinajstić information content (AvgIpc) is 2.78. The Labute approximate surface area is 172 Å². The van der Waals surface area contributed by atoms with Crippen LogP contribution < -0.4 is 10.6 Å². The van der Waals surface area contributed by atoms with E-state index in [9.17, 15) is 19.2 Å². The minimum Gasteiger partial charge on any atom is -0.322 e. The number of benzene rings is 3. The van der Waals surface area contributed by atoms with Gasteiger partial charge in [-0.1, -0.05) is 49.0 Å². The first kappa shape index (κ1) is 19.0. The van der Waals surface area contributed by atoms with Crippen molar-refractivity contribution in [3.05, 3.63) is 107 Å². The minimum atomic E-state index is -0.516. The first-order valence-corrected chi connectivity index (χ1v) is 9.16. The molecule has 0 aliphatic heterocycles. The summed E-state index contributed by atoms with van der Waals surface area (Å²) in [6.07, 6.45) is 1.07. The molecule has 3 aromatic rings. The van der Waals surface area contributed by atoms with E-state index in [4.69, 9.17) is 0 Å². The fourth-order valence-electron chi connectivity index (χ4n) is 3.40. The molecular weight excluding hydrogens is 380 g/mol. The first-order chi connectivity index (χ1) is 14.5. The largest absolute Gasteiger partial charge is 0.322 e. The number of ketones is 2. The second kappa shape index (κ2) is 7.60. The molecule has 0 radical (unpaired) electrons. The van der Waals surface area contributed by atoms with Crippen LogP contribution in [0.4, 0.5) is 11.4 Å². The number of fused-ring (bicyclic) bond motifs is 2. The fourth-order valence-corrected chi connectivity index (χ4v) is 3.40. The molecule has 6 heteroatoms. The van der Waals surface area contributed by atoms with E-state index >= 15 is 0 Å². The van der Waals surface area contributed by atoms with Gasteiger partial charge in [-0.15, -0.1) is 0 Å². The molecule has 0 saturated heterocycles. The van der Waals surface area contributed by atoms with Crippen molar-refractivity contribution in [3.8, 4) is 0 Å². The van der Waals surface area contributed by atoms with Gasteiger partial charge in [-0.25, -0.2) is 0 Å². The molecule has 3 aromatic carbocycles. The lowest BCUT2D eigenvalue weighted by atomic mass is 9.82. The van der Waals surface area contributed by atoms with E-state index in [1.807, 2.05) is 0 Å². The first-order valence-electron chi connectivity index (χ1n) is 9.16. The van der Waals surface area contributed by atoms with Crippen molar-refractivity contribution >= 4 is 34.8 Å². The molecule has 4 rings (SSSR count). The topological polar surface area (TPSA) is 92.3 Å². The van der Waals surface area contributed by atoms with E-state index in [2.05, 4.69) is 17.2 Å². The van der Waals surface area contributed by atoms with Crippen LogP contribution in [0.3, 0.4) is 0 Å². The van der Waals surface area contributed by atoms with Crippen LogP contribution in [0.2, 0.25) is 0 Å². The Kier molecular flexibility index (Phi) is 4.82. The highest BCUT2D eigenvalue weighted by Crippen LogP contribution is 2.36. The van der Waals surface area contributed by atoms with Gasteiger partial charge in [0, 0.05) is 16.7 Å². The van der Waals surface area contributed by atoms with Gasteiger partial charge in [-0.05, 0) is 30.3 Å². The van der Waals surface area contributed by atoms with Crippen molar-refractivity contribution < 1.29 is 19.2 Å². The van der Waals surface area contributed by atoms with E-state index in [0.29, 0.717) is 5.56 Å². The third kappa shape index (κ3) is 3.20. The smallest absolute Gasteiger partial charge is 0.255 e. The molecule has 6 nitrogen and oxygen atoms in total. The van der Waals surface area contributed by atoms with Gasteiger partial charge in [0.25, 0.3) is 5.91 Å². The average molecular weight is 396 g/mol. The molecule has 0 aromatic heterocycles. The monoisotopic (exact) mass is 396 g/mol.